The van der Waals surface area contributed by atoms with Gasteiger partial charge in [-0.05, 0) is 55.8 Å². The lowest BCUT2D eigenvalue weighted by Gasteiger charge is -2.10. The van der Waals surface area contributed by atoms with Gasteiger partial charge in [0.2, 0.25) is 15.9 Å². The minimum absolute atomic E-state index is 0.0134. The zero-order valence-corrected chi connectivity index (χ0v) is 16.2. The van der Waals surface area contributed by atoms with Crippen molar-refractivity contribution in [3.8, 4) is 5.75 Å². The molecule has 0 fully saturated rings. The van der Waals surface area contributed by atoms with Crippen LogP contribution in [0.5, 0.6) is 5.75 Å². The summed E-state index contributed by atoms with van der Waals surface area (Å²) in [5.74, 6) is 0.269. The standard InChI is InChI=1S/C18H21ClN2O4S/c1-3-25-14-5-7-15(8-6-14)26(23,24)20-11-10-18(22)21-17-9-4-13(2)12-16(17)19/h4-9,12,20H,3,10-11H2,1-2H3,(H,21,22). The number of hydrogen-bond donors (Lipinski definition) is 2. The Hall–Kier alpha value is -2.09. The molecule has 0 saturated heterocycles. The largest absolute Gasteiger partial charge is 0.494 e. The quantitative estimate of drug-likeness (QED) is 0.716. The fraction of sp³-hybridized carbons (Fsp3) is 0.278. The summed E-state index contributed by atoms with van der Waals surface area (Å²) in [6.07, 6.45) is -0.0134. The van der Waals surface area contributed by atoms with Crippen molar-refractivity contribution in [1.29, 1.82) is 0 Å². The number of carbonyl (C=O) groups excluding carboxylic acids is 1. The van der Waals surface area contributed by atoms with Gasteiger partial charge in [-0.3, -0.25) is 4.79 Å². The monoisotopic (exact) mass is 396 g/mol. The van der Waals surface area contributed by atoms with Gasteiger partial charge >= 0.3 is 0 Å². The van der Waals surface area contributed by atoms with Crippen LogP contribution in [-0.4, -0.2) is 27.5 Å². The molecule has 2 N–H and O–H groups in total. The van der Waals surface area contributed by atoms with E-state index in [4.69, 9.17) is 16.3 Å². The summed E-state index contributed by atoms with van der Waals surface area (Å²) in [6, 6.07) is 11.4. The second-order valence-electron chi connectivity index (χ2n) is 5.58. The number of halogens is 1. The van der Waals surface area contributed by atoms with Gasteiger partial charge in [0.25, 0.3) is 0 Å². The summed E-state index contributed by atoms with van der Waals surface area (Å²) < 4.78 is 32.1. The second-order valence-corrected chi connectivity index (χ2v) is 7.76. The Balaban J connectivity index is 1.88. The van der Waals surface area contributed by atoms with Crippen molar-refractivity contribution < 1.29 is 17.9 Å². The van der Waals surface area contributed by atoms with E-state index in [0.717, 1.165) is 5.56 Å². The molecule has 0 atom stereocenters. The molecule has 140 valence electrons. The summed E-state index contributed by atoms with van der Waals surface area (Å²) in [7, 11) is -3.69. The maximum atomic E-state index is 12.2. The number of anilines is 1. The van der Waals surface area contributed by atoms with E-state index in [-0.39, 0.29) is 23.8 Å². The lowest BCUT2D eigenvalue weighted by atomic mass is 10.2. The van der Waals surface area contributed by atoms with Crippen LogP contribution >= 0.6 is 11.6 Å². The summed E-state index contributed by atoms with van der Waals surface area (Å²) >= 11 is 6.06. The number of aryl methyl sites for hydroxylation is 1. The number of ether oxygens (including phenoxy) is 1. The molecule has 0 spiro atoms. The molecule has 0 radical (unpaired) electrons. The molecule has 0 heterocycles. The molecule has 26 heavy (non-hydrogen) atoms. The highest BCUT2D eigenvalue weighted by molar-refractivity contribution is 7.89. The Morgan fingerprint density at radius 3 is 2.46 bits per heavy atom. The first kappa shape index (κ1) is 20.2. The van der Waals surface area contributed by atoms with E-state index >= 15 is 0 Å². The molecule has 0 aromatic heterocycles. The molecule has 0 saturated carbocycles. The minimum Gasteiger partial charge on any atom is -0.494 e. The van der Waals surface area contributed by atoms with Crippen molar-refractivity contribution in [2.24, 2.45) is 0 Å². The fourth-order valence-electron chi connectivity index (χ4n) is 2.20. The number of sulfonamides is 1. The van der Waals surface area contributed by atoms with Crippen LogP contribution in [0.1, 0.15) is 18.9 Å². The third kappa shape index (κ3) is 5.72. The average molecular weight is 397 g/mol. The van der Waals surface area contributed by atoms with Crippen LogP contribution in [0, 0.1) is 6.92 Å². The Bertz CT molecular complexity index is 867. The second kappa shape index (κ2) is 9.02. The van der Waals surface area contributed by atoms with Crippen LogP contribution in [0.3, 0.4) is 0 Å². The van der Waals surface area contributed by atoms with Crippen LogP contribution in [-0.2, 0) is 14.8 Å². The normalized spacial score (nSPS) is 11.2. The molecule has 0 aliphatic heterocycles. The Labute approximate surface area is 158 Å². The van der Waals surface area contributed by atoms with Crippen LogP contribution in [0.15, 0.2) is 47.4 Å². The van der Waals surface area contributed by atoms with Crippen molar-refractivity contribution >= 4 is 33.2 Å². The Morgan fingerprint density at radius 2 is 1.85 bits per heavy atom. The molecule has 0 aliphatic rings. The van der Waals surface area contributed by atoms with Gasteiger partial charge < -0.3 is 10.1 Å². The minimum atomic E-state index is -3.69. The molecule has 0 aliphatic carbocycles. The van der Waals surface area contributed by atoms with Crippen molar-refractivity contribution in [1.82, 2.24) is 4.72 Å². The number of nitrogens with one attached hydrogen (secondary N) is 2. The van der Waals surface area contributed by atoms with E-state index in [9.17, 15) is 13.2 Å². The smallest absolute Gasteiger partial charge is 0.240 e. The first-order valence-corrected chi connectivity index (χ1v) is 9.96. The van der Waals surface area contributed by atoms with Gasteiger partial charge in [-0.15, -0.1) is 0 Å². The van der Waals surface area contributed by atoms with Gasteiger partial charge in [0.1, 0.15) is 5.75 Å². The number of carbonyl (C=O) groups is 1. The van der Waals surface area contributed by atoms with Crippen LogP contribution in [0.25, 0.3) is 0 Å². The molecule has 2 aromatic rings. The third-order valence-corrected chi connectivity index (χ3v) is 5.28. The fourth-order valence-corrected chi connectivity index (χ4v) is 3.51. The number of rotatable bonds is 8. The van der Waals surface area contributed by atoms with E-state index in [1.54, 1.807) is 24.3 Å². The van der Waals surface area contributed by atoms with E-state index in [1.807, 2.05) is 19.9 Å². The van der Waals surface area contributed by atoms with Gasteiger partial charge in [-0.1, -0.05) is 17.7 Å². The van der Waals surface area contributed by atoms with Crippen molar-refractivity contribution in [3.05, 3.63) is 53.1 Å². The maximum absolute atomic E-state index is 12.2. The maximum Gasteiger partial charge on any atom is 0.240 e. The summed E-state index contributed by atoms with van der Waals surface area (Å²) in [5.41, 5.74) is 1.48. The molecule has 8 heteroatoms. The number of benzene rings is 2. The first-order chi connectivity index (χ1) is 12.3. The number of hydrogen-bond acceptors (Lipinski definition) is 4. The Morgan fingerprint density at radius 1 is 1.15 bits per heavy atom. The van der Waals surface area contributed by atoms with E-state index in [2.05, 4.69) is 10.0 Å². The molecule has 2 rings (SSSR count). The molecule has 0 bridgehead atoms. The zero-order chi connectivity index (χ0) is 19.2. The lowest BCUT2D eigenvalue weighted by Crippen LogP contribution is -2.27. The average Bonchev–Trinajstić information content (AvgIpc) is 2.58. The lowest BCUT2D eigenvalue weighted by molar-refractivity contribution is -0.116. The molecule has 0 unspecified atom stereocenters. The third-order valence-electron chi connectivity index (χ3n) is 3.49. The predicted molar refractivity (Wildman–Crippen MR) is 102 cm³/mol. The molecular weight excluding hydrogens is 376 g/mol. The van der Waals surface area contributed by atoms with Gasteiger partial charge in [0.15, 0.2) is 0 Å². The van der Waals surface area contributed by atoms with E-state index in [0.29, 0.717) is 23.1 Å². The SMILES string of the molecule is CCOc1ccc(S(=O)(=O)NCCC(=O)Nc2ccc(C)cc2Cl)cc1. The summed E-state index contributed by atoms with van der Waals surface area (Å²) in [4.78, 5) is 12.1. The van der Waals surface area contributed by atoms with Gasteiger partial charge in [-0.2, -0.15) is 0 Å². The molecule has 1 amide bonds. The van der Waals surface area contributed by atoms with Crippen molar-refractivity contribution in [3.63, 3.8) is 0 Å². The van der Waals surface area contributed by atoms with E-state index < -0.39 is 10.0 Å². The predicted octanol–water partition coefficient (Wildman–Crippen LogP) is 3.35. The van der Waals surface area contributed by atoms with Gasteiger partial charge in [0.05, 0.1) is 22.2 Å². The molecule has 2 aromatic carbocycles. The van der Waals surface area contributed by atoms with E-state index in [1.165, 1.54) is 12.1 Å². The van der Waals surface area contributed by atoms with Crippen LogP contribution in [0.4, 0.5) is 5.69 Å². The highest BCUT2D eigenvalue weighted by Gasteiger charge is 2.14. The van der Waals surface area contributed by atoms with Crippen LogP contribution in [0.2, 0.25) is 5.02 Å². The highest BCUT2D eigenvalue weighted by Crippen LogP contribution is 2.22. The Kier molecular flexibility index (Phi) is 7.02. The van der Waals surface area contributed by atoms with Crippen molar-refractivity contribution in [2.75, 3.05) is 18.5 Å². The van der Waals surface area contributed by atoms with Crippen molar-refractivity contribution in [2.45, 2.75) is 25.2 Å². The molecule has 6 nitrogen and oxygen atoms in total. The summed E-state index contributed by atoms with van der Waals surface area (Å²) in [6.45, 7) is 4.23. The number of amides is 1. The topological polar surface area (TPSA) is 84.5 Å². The summed E-state index contributed by atoms with van der Waals surface area (Å²) in [5, 5.41) is 3.10. The highest BCUT2D eigenvalue weighted by atomic mass is 35.5. The van der Waals surface area contributed by atoms with Gasteiger partial charge in [-0.25, -0.2) is 13.1 Å². The van der Waals surface area contributed by atoms with Crippen LogP contribution < -0.4 is 14.8 Å². The van der Waals surface area contributed by atoms with Gasteiger partial charge in [0, 0.05) is 13.0 Å². The first-order valence-electron chi connectivity index (χ1n) is 8.10. The zero-order valence-electron chi connectivity index (χ0n) is 14.6. The molecular formula is C18H21ClN2O4S.